The second-order valence-corrected chi connectivity index (χ2v) is 5.93. The van der Waals surface area contributed by atoms with Gasteiger partial charge in [0.2, 0.25) is 0 Å². The predicted molar refractivity (Wildman–Crippen MR) is 77.8 cm³/mol. The molecular weight excluding hydrogens is 276 g/mol. The lowest BCUT2D eigenvalue weighted by Gasteiger charge is -2.41. The number of piperazine rings is 1. The largest absolute Gasteiger partial charge is 0.366 e. The summed E-state index contributed by atoms with van der Waals surface area (Å²) in [5, 5.41) is 3.56. The number of aryl methyl sites for hydroxylation is 1. The Hall–Kier alpha value is -0.540. The molecule has 1 heterocycles. The molecule has 1 aromatic rings. The lowest BCUT2D eigenvalue weighted by molar-refractivity contribution is 0.402. The number of hydrogen-bond donors (Lipinski definition) is 1. The molecule has 2 rings (SSSR count). The van der Waals surface area contributed by atoms with Gasteiger partial charge in [0.15, 0.2) is 0 Å². The lowest BCUT2D eigenvalue weighted by Crippen LogP contribution is -2.55. The highest BCUT2D eigenvalue weighted by Crippen LogP contribution is 2.26. The first-order chi connectivity index (χ1) is 8.10. The topological polar surface area (TPSA) is 15.3 Å². The first-order valence-corrected chi connectivity index (χ1v) is 7.16. The molecule has 17 heavy (non-hydrogen) atoms. The fourth-order valence-electron chi connectivity index (χ4n) is 2.52. The Kier molecular flexibility index (Phi) is 4.10. The van der Waals surface area contributed by atoms with Gasteiger partial charge in [0.1, 0.15) is 0 Å². The Morgan fingerprint density at radius 1 is 1.41 bits per heavy atom. The van der Waals surface area contributed by atoms with Crippen molar-refractivity contribution in [3.8, 4) is 0 Å². The third-order valence-electron chi connectivity index (χ3n) is 3.44. The molecule has 1 N–H and O–H groups in total. The fourth-order valence-corrected chi connectivity index (χ4v) is 3.12. The summed E-state index contributed by atoms with van der Waals surface area (Å²) in [7, 11) is 0. The molecule has 0 aromatic heterocycles. The van der Waals surface area contributed by atoms with Crippen molar-refractivity contribution in [2.24, 2.45) is 0 Å². The quantitative estimate of drug-likeness (QED) is 0.900. The van der Waals surface area contributed by atoms with Gasteiger partial charge in [0.25, 0.3) is 0 Å². The lowest BCUT2D eigenvalue weighted by atomic mass is 10.1. The van der Waals surface area contributed by atoms with E-state index in [0.29, 0.717) is 12.1 Å². The van der Waals surface area contributed by atoms with Gasteiger partial charge < -0.3 is 10.2 Å². The van der Waals surface area contributed by atoms with Gasteiger partial charge in [-0.2, -0.15) is 0 Å². The maximum atomic E-state index is 3.59. The molecule has 0 bridgehead atoms. The predicted octanol–water partition coefficient (Wildman–Crippen LogP) is 3.33. The normalized spacial score (nSPS) is 25.1. The third-order valence-corrected chi connectivity index (χ3v) is 3.90. The molecule has 2 atom stereocenters. The molecule has 1 aliphatic heterocycles. The highest BCUT2D eigenvalue weighted by Gasteiger charge is 2.24. The average molecular weight is 297 g/mol. The van der Waals surface area contributed by atoms with Gasteiger partial charge in [-0.3, -0.25) is 0 Å². The number of halogens is 1. The summed E-state index contributed by atoms with van der Waals surface area (Å²) >= 11 is 3.59. The van der Waals surface area contributed by atoms with Crippen LogP contribution in [0.4, 0.5) is 5.69 Å². The van der Waals surface area contributed by atoms with Crippen LogP contribution >= 0.6 is 15.9 Å². The Labute approximate surface area is 113 Å². The number of nitrogens with zero attached hydrogens (tertiary/aromatic N) is 1. The maximum absolute atomic E-state index is 3.59. The minimum Gasteiger partial charge on any atom is -0.366 e. The monoisotopic (exact) mass is 296 g/mol. The highest BCUT2D eigenvalue weighted by atomic mass is 79.9. The van der Waals surface area contributed by atoms with E-state index in [4.69, 9.17) is 0 Å². The third kappa shape index (κ3) is 3.02. The van der Waals surface area contributed by atoms with Crippen molar-refractivity contribution >= 4 is 21.6 Å². The summed E-state index contributed by atoms with van der Waals surface area (Å²) in [6.45, 7) is 8.85. The van der Waals surface area contributed by atoms with E-state index in [2.05, 4.69) is 65.1 Å². The second kappa shape index (κ2) is 5.40. The van der Waals surface area contributed by atoms with Crippen LogP contribution in [0.25, 0.3) is 0 Å². The van der Waals surface area contributed by atoms with Crippen molar-refractivity contribution in [1.82, 2.24) is 5.32 Å². The van der Waals surface area contributed by atoms with Crippen molar-refractivity contribution in [1.29, 1.82) is 0 Å². The van der Waals surface area contributed by atoms with Crippen LogP contribution < -0.4 is 10.2 Å². The van der Waals surface area contributed by atoms with E-state index in [1.165, 1.54) is 22.1 Å². The van der Waals surface area contributed by atoms with Gasteiger partial charge in [0.05, 0.1) is 0 Å². The van der Waals surface area contributed by atoms with Crippen LogP contribution in [0.2, 0.25) is 0 Å². The van der Waals surface area contributed by atoms with Gasteiger partial charge >= 0.3 is 0 Å². The molecule has 1 aromatic carbocycles. The summed E-state index contributed by atoms with van der Waals surface area (Å²) in [6.07, 6.45) is 1.19. The Morgan fingerprint density at radius 2 is 2.18 bits per heavy atom. The van der Waals surface area contributed by atoms with Crippen molar-refractivity contribution in [3.05, 3.63) is 28.2 Å². The Balaban J connectivity index is 2.28. The van der Waals surface area contributed by atoms with Gasteiger partial charge in [-0.05, 0) is 44.0 Å². The van der Waals surface area contributed by atoms with Crippen LogP contribution in [0.5, 0.6) is 0 Å². The zero-order valence-electron chi connectivity index (χ0n) is 10.8. The first-order valence-electron chi connectivity index (χ1n) is 6.37. The van der Waals surface area contributed by atoms with E-state index in [1.807, 2.05) is 0 Å². The number of benzene rings is 1. The van der Waals surface area contributed by atoms with Gasteiger partial charge in [-0.25, -0.2) is 0 Å². The molecule has 0 amide bonds. The smallest absolute Gasteiger partial charge is 0.0412 e. The zero-order chi connectivity index (χ0) is 12.4. The maximum Gasteiger partial charge on any atom is 0.0412 e. The number of rotatable bonds is 2. The van der Waals surface area contributed by atoms with E-state index in [9.17, 15) is 0 Å². The molecule has 2 nitrogen and oxygen atoms in total. The van der Waals surface area contributed by atoms with Crippen molar-refractivity contribution in [2.45, 2.75) is 39.3 Å². The molecule has 1 saturated heterocycles. The van der Waals surface area contributed by atoms with Crippen molar-refractivity contribution in [3.63, 3.8) is 0 Å². The number of nitrogens with one attached hydrogen (secondary N) is 1. The van der Waals surface area contributed by atoms with E-state index in [-0.39, 0.29) is 0 Å². The molecule has 0 spiro atoms. The van der Waals surface area contributed by atoms with Gasteiger partial charge in [-0.1, -0.05) is 22.9 Å². The molecule has 0 aliphatic carbocycles. The van der Waals surface area contributed by atoms with E-state index >= 15 is 0 Å². The van der Waals surface area contributed by atoms with E-state index in [1.54, 1.807) is 0 Å². The molecule has 2 unspecified atom stereocenters. The summed E-state index contributed by atoms with van der Waals surface area (Å²) < 4.78 is 1.17. The molecule has 94 valence electrons. The fraction of sp³-hybridized carbons (Fsp3) is 0.571. The number of hydrogen-bond acceptors (Lipinski definition) is 2. The summed E-state index contributed by atoms with van der Waals surface area (Å²) in [5.41, 5.74) is 2.66. The molecule has 0 radical (unpaired) electrons. The Bertz CT molecular complexity index is 372. The SMILES string of the molecule is CCC1CNC(C)CN1c1cc(C)cc(Br)c1. The second-order valence-electron chi connectivity index (χ2n) is 5.01. The molecule has 3 heteroatoms. The highest BCUT2D eigenvalue weighted by molar-refractivity contribution is 9.10. The van der Waals surface area contributed by atoms with Crippen LogP contribution in [0.1, 0.15) is 25.8 Å². The van der Waals surface area contributed by atoms with E-state index < -0.39 is 0 Å². The number of anilines is 1. The van der Waals surface area contributed by atoms with Crippen LogP contribution in [0, 0.1) is 6.92 Å². The zero-order valence-corrected chi connectivity index (χ0v) is 12.4. The summed E-state index contributed by atoms with van der Waals surface area (Å²) in [5.74, 6) is 0. The van der Waals surface area contributed by atoms with Crippen LogP contribution in [-0.4, -0.2) is 25.2 Å². The molecule has 1 aliphatic rings. The van der Waals surface area contributed by atoms with Gasteiger partial charge in [-0.15, -0.1) is 0 Å². The van der Waals surface area contributed by atoms with Crippen LogP contribution in [0.3, 0.4) is 0 Å². The average Bonchev–Trinajstić information content (AvgIpc) is 2.27. The standard InChI is InChI=1S/C14H21BrN2/c1-4-13-8-16-11(3)9-17(13)14-6-10(2)5-12(15)7-14/h5-7,11,13,16H,4,8-9H2,1-3H3. The van der Waals surface area contributed by atoms with Gasteiger partial charge in [0, 0.05) is 35.3 Å². The molecule has 1 fully saturated rings. The van der Waals surface area contributed by atoms with Crippen LogP contribution in [-0.2, 0) is 0 Å². The summed E-state index contributed by atoms with van der Waals surface area (Å²) in [6, 6.07) is 7.85. The molecule has 0 saturated carbocycles. The first kappa shape index (κ1) is 12.9. The minimum atomic E-state index is 0.567. The van der Waals surface area contributed by atoms with E-state index in [0.717, 1.165) is 13.1 Å². The summed E-state index contributed by atoms with van der Waals surface area (Å²) in [4.78, 5) is 2.54. The van der Waals surface area contributed by atoms with Crippen molar-refractivity contribution < 1.29 is 0 Å². The molecular formula is C14H21BrN2. The van der Waals surface area contributed by atoms with Crippen molar-refractivity contribution in [2.75, 3.05) is 18.0 Å². The Morgan fingerprint density at radius 3 is 2.82 bits per heavy atom. The van der Waals surface area contributed by atoms with Crippen LogP contribution in [0.15, 0.2) is 22.7 Å². The minimum absolute atomic E-state index is 0.567.